The highest BCUT2D eigenvalue weighted by Crippen LogP contribution is 2.52. The molecule has 0 radical (unpaired) electrons. The number of carboxylic acid groups (broad SMARTS) is 1. The predicted octanol–water partition coefficient (Wildman–Crippen LogP) is 3.62. The molecule has 2 amide bonds. The van der Waals surface area contributed by atoms with Gasteiger partial charge in [0, 0.05) is 17.0 Å². The number of nitrogens with one attached hydrogen (secondary N) is 1. The Morgan fingerprint density at radius 3 is 2.42 bits per heavy atom. The van der Waals surface area contributed by atoms with Gasteiger partial charge in [-0.25, -0.2) is 4.90 Å². The largest absolute Gasteiger partial charge is 0.508 e. The lowest BCUT2D eigenvalue weighted by atomic mass is 9.77. The Hall–Kier alpha value is -3.71. The average molecular weight is 444 g/mol. The number of phenolic OH excluding ortho intramolecular Hbond substituents is 1. The summed E-state index contributed by atoms with van der Waals surface area (Å²) in [7, 11) is 0. The van der Waals surface area contributed by atoms with Gasteiger partial charge >= 0.3 is 5.97 Å². The first-order valence-electron chi connectivity index (χ1n) is 11.0. The van der Waals surface area contributed by atoms with Crippen LogP contribution in [0.5, 0.6) is 5.75 Å². The second-order valence-electron chi connectivity index (χ2n) is 8.72. The van der Waals surface area contributed by atoms with E-state index in [0.29, 0.717) is 17.7 Å². The van der Waals surface area contributed by atoms with Gasteiger partial charge in [0.15, 0.2) is 0 Å². The van der Waals surface area contributed by atoms with Crippen molar-refractivity contribution < 1.29 is 24.6 Å². The van der Waals surface area contributed by atoms with E-state index in [4.69, 9.17) is 0 Å². The SMILES string of the molecule is CCCC1(C(=O)O)NC(c2ccccc2O)C2C(=O)N(c3cccc4ccccc34)C(=O)C21. The number of para-hydroxylation sites is 1. The van der Waals surface area contributed by atoms with Gasteiger partial charge in [0.2, 0.25) is 11.8 Å². The van der Waals surface area contributed by atoms with Crippen molar-refractivity contribution in [1.29, 1.82) is 0 Å². The number of anilines is 1. The Labute approximate surface area is 190 Å². The zero-order valence-electron chi connectivity index (χ0n) is 18.1. The Balaban J connectivity index is 1.70. The first-order chi connectivity index (χ1) is 15.9. The molecule has 4 atom stereocenters. The summed E-state index contributed by atoms with van der Waals surface area (Å²) in [6.07, 6.45) is 0.682. The fourth-order valence-electron chi connectivity index (χ4n) is 5.59. The van der Waals surface area contributed by atoms with Crippen molar-refractivity contribution in [2.24, 2.45) is 11.8 Å². The summed E-state index contributed by atoms with van der Waals surface area (Å²) in [6.45, 7) is 1.85. The molecule has 0 spiro atoms. The van der Waals surface area contributed by atoms with Crippen LogP contribution in [-0.4, -0.2) is 33.5 Å². The minimum Gasteiger partial charge on any atom is -0.508 e. The number of amides is 2. The van der Waals surface area contributed by atoms with Crippen LogP contribution < -0.4 is 10.2 Å². The highest BCUT2D eigenvalue weighted by molar-refractivity contribution is 6.26. The van der Waals surface area contributed by atoms with Gasteiger partial charge in [0.05, 0.1) is 17.5 Å². The lowest BCUT2D eigenvalue weighted by Gasteiger charge is -2.31. The zero-order chi connectivity index (χ0) is 23.3. The van der Waals surface area contributed by atoms with Gasteiger partial charge in [-0.2, -0.15) is 0 Å². The molecule has 2 aliphatic rings. The Bertz CT molecular complexity index is 1280. The number of hydrogen-bond donors (Lipinski definition) is 3. The highest BCUT2D eigenvalue weighted by Gasteiger charge is 2.68. The molecule has 4 unspecified atom stereocenters. The molecule has 168 valence electrons. The summed E-state index contributed by atoms with van der Waals surface area (Å²) in [5.74, 6) is -4.24. The summed E-state index contributed by atoms with van der Waals surface area (Å²) in [4.78, 5) is 41.4. The zero-order valence-corrected chi connectivity index (χ0v) is 18.1. The first kappa shape index (κ1) is 21.2. The van der Waals surface area contributed by atoms with Crippen LogP contribution in [0, 0.1) is 11.8 Å². The number of phenols is 1. The van der Waals surface area contributed by atoms with Crippen LogP contribution in [-0.2, 0) is 14.4 Å². The van der Waals surface area contributed by atoms with Crippen molar-refractivity contribution in [3.63, 3.8) is 0 Å². The maximum absolute atomic E-state index is 13.8. The number of aliphatic carboxylic acids is 1. The molecule has 33 heavy (non-hydrogen) atoms. The van der Waals surface area contributed by atoms with Crippen LogP contribution in [0.4, 0.5) is 5.69 Å². The average Bonchev–Trinajstić information content (AvgIpc) is 3.28. The van der Waals surface area contributed by atoms with E-state index in [2.05, 4.69) is 5.32 Å². The summed E-state index contributed by atoms with van der Waals surface area (Å²) in [5, 5.41) is 25.5. The third kappa shape index (κ3) is 2.96. The number of imide groups is 1. The summed E-state index contributed by atoms with van der Waals surface area (Å²) < 4.78 is 0. The molecule has 5 rings (SSSR count). The van der Waals surface area contributed by atoms with E-state index in [9.17, 15) is 24.6 Å². The van der Waals surface area contributed by atoms with Crippen LogP contribution in [0.1, 0.15) is 31.4 Å². The van der Waals surface area contributed by atoms with E-state index in [1.807, 2.05) is 37.3 Å². The van der Waals surface area contributed by atoms with E-state index in [1.54, 1.807) is 30.3 Å². The molecule has 0 aliphatic carbocycles. The van der Waals surface area contributed by atoms with Crippen LogP contribution in [0.2, 0.25) is 0 Å². The number of benzene rings is 3. The maximum Gasteiger partial charge on any atom is 0.324 e. The fraction of sp³-hybridized carbons (Fsp3) is 0.269. The molecule has 3 aromatic rings. The number of carbonyl (C=O) groups excluding carboxylic acids is 2. The van der Waals surface area contributed by atoms with Crippen molar-refractivity contribution in [2.75, 3.05) is 4.90 Å². The lowest BCUT2D eigenvalue weighted by molar-refractivity contribution is -0.149. The maximum atomic E-state index is 13.8. The molecule has 0 bridgehead atoms. The van der Waals surface area contributed by atoms with E-state index >= 15 is 0 Å². The standard InChI is InChI=1S/C26H24N2O5/c1-2-14-26(25(32)33)21-20(22(27-26)17-11-5-6-13-19(17)29)23(30)28(24(21)31)18-12-7-9-15-8-3-4-10-16(15)18/h3-13,20-22,27,29H,2,14H2,1H3,(H,32,33). The van der Waals surface area contributed by atoms with Crippen molar-refractivity contribution in [2.45, 2.75) is 31.3 Å². The second-order valence-corrected chi connectivity index (χ2v) is 8.72. The van der Waals surface area contributed by atoms with Crippen LogP contribution >= 0.6 is 0 Å². The number of carbonyl (C=O) groups is 3. The van der Waals surface area contributed by atoms with Gasteiger partial charge in [-0.1, -0.05) is 67.9 Å². The molecular weight excluding hydrogens is 420 g/mol. The van der Waals surface area contributed by atoms with Gasteiger partial charge in [-0.05, 0) is 23.9 Å². The van der Waals surface area contributed by atoms with E-state index in [-0.39, 0.29) is 12.2 Å². The Morgan fingerprint density at radius 1 is 1.00 bits per heavy atom. The van der Waals surface area contributed by atoms with Crippen molar-refractivity contribution >= 4 is 34.2 Å². The Morgan fingerprint density at radius 2 is 1.70 bits per heavy atom. The number of carboxylic acids is 1. The smallest absolute Gasteiger partial charge is 0.324 e. The minimum atomic E-state index is -1.61. The first-order valence-corrected chi connectivity index (χ1v) is 11.0. The molecule has 7 nitrogen and oxygen atoms in total. The second kappa shape index (κ2) is 7.71. The van der Waals surface area contributed by atoms with Crippen LogP contribution in [0.25, 0.3) is 10.8 Å². The number of nitrogens with zero attached hydrogens (tertiary/aromatic N) is 1. The quantitative estimate of drug-likeness (QED) is 0.519. The fourth-order valence-corrected chi connectivity index (χ4v) is 5.59. The molecule has 2 aliphatic heterocycles. The third-order valence-corrected chi connectivity index (χ3v) is 6.96. The minimum absolute atomic E-state index is 0.0460. The van der Waals surface area contributed by atoms with Gasteiger partial charge in [-0.15, -0.1) is 0 Å². The molecule has 2 saturated heterocycles. The molecule has 7 heteroatoms. The summed E-state index contributed by atoms with van der Waals surface area (Å²) in [5.41, 5.74) is -0.754. The Kier molecular flexibility index (Phi) is 4.94. The van der Waals surface area contributed by atoms with Gasteiger partial charge in [-0.3, -0.25) is 19.7 Å². The summed E-state index contributed by atoms with van der Waals surface area (Å²) >= 11 is 0. The normalized spacial score (nSPS) is 26.7. The summed E-state index contributed by atoms with van der Waals surface area (Å²) in [6, 6.07) is 18.6. The molecule has 0 aromatic heterocycles. The predicted molar refractivity (Wildman–Crippen MR) is 123 cm³/mol. The van der Waals surface area contributed by atoms with Crippen molar-refractivity contribution in [1.82, 2.24) is 5.32 Å². The number of rotatable bonds is 5. The molecule has 3 N–H and O–H groups in total. The van der Waals surface area contributed by atoms with Crippen LogP contribution in [0.15, 0.2) is 66.7 Å². The molecule has 2 fully saturated rings. The van der Waals surface area contributed by atoms with E-state index < -0.39 is 41.2 Å². The number of hydrogen-bond acceptors (Lipinski definition) is 5. The van der Waals surface area contributed by atoms with E-state index in [0.717, 1.165) is 15.7 Å². The molecular formula is C26H24N2O5. The van der Waals surface area contributed by atoms with Crippen molar-refractivity contribution in [3.8, 4) is 5.75 Å². The lowest BCUT2D eigenvalue weighted by Crippen LogP contribution is -2.55. The van der Waals surface area contributed by atoms with Gasteiger partial charge < -0.3 is 10.2 Å². The monoisotopic (exact) mass is 444 g/mol. The van der Waals surface area contributed by atoms with E-state index in [1.165, 1.54) is 6.07 Å². The van der Waals surface area contributed by atoms with Crippen LogP contribution in [0.3, 0.4) is 0 Å². The topological polar surface area (TPSA) is 107 Å². The molecule has 2 heterocycles. The molecule has 3 aromatic carbocycles. The third-order valence-electron chi connectivity index (χ3n) is 6.96. The van der Waals surface area contributed by atoms with Crippen molar-refractivity contribution in [3.05, 3.63) is 72.3 Å². The van der Waals surface area contributed by atoms with Gasteiger partial charge in [0.1, 0.15) is 11.3 Å². The van der Waals surface area contributed by atoms with Gasteiger partial charge in [0.25, 0.3) is 0 Å². The highest BCUT2D eigenvalue weighted by atomic mass is 16.4. The number of aromatic hydroxyl groups is 1. The molecule has 0 saturated carbocycles. The number of fused-ring (bicyclic) bond motifs is 2.